The van der Waals surface area contributed by atoms with E-state index in [1.807, 2.05) is 0 Å². The minimum absolute atomic E-state index is 0.197. The molecule has 1 atom stereocenters. The van der Waals surface area contributed by atoms with Crippen molar-refractivity contribution in [1.82, 2.24) is 14.8 Å². The summed E-state index contributed by atoms with van der Waals surface area (Å²) in [5.74, 6) is 0.960. The highest BCUT2D eigenvalue weighted by molar-refractivity contribution is 5.40. The van der Waals surface area contributed by atoms with Gasteiger partial charge >= 0.3 is 0 Å². The molecule has 1 aromatic heterocycles. The second-order valence-corrected chi connectivity index (χ2v) is 6.37. The largest absolute Gasteiger partial charge is 0.354 e. The number of likely N-dealkylation sites (N-methyl/N-ethyl adjacent to an activating group) is 1. The van der Waals surface area contributed by atoms with Crippen LogP contribution in [0, 0.1) is 11.7 Å². The number of piperidine rings is 1. The van der Waals surface area contributed by atoms with Gasteiger partial charge in [0.05, 0.1) is 0 Å². The lowest BCUT2D eigenvalue weighted by Gasteiger charge is -2.38. The standard InChI is InChI=1S/C16H25FN4/c1-19-8-10-20(11-9-19)12-14-4-3-7-21(13-14)16-15(17)5-2-6-18-16/h2,5-6,14H,3-4,7-13H2,1H3/t14-/m1/s1. The molecule has 0 unspecified atom stereocenters. The van der Waals surface area contributed by atoms with E-state index >= 15 is 0 Å². The van der Waals surface area contributed by atoms with Crippen LogP contribution in [0.15, 0.2) is 18.3 Å². The zero-order valence-corrected chi connectivity index (χ0v) is 12.8. The lowest BCUT2D eigenvalue weighted by molar-refractivity contribution is 0.131. The normalized spacial score (nSPS) is 25.2. The Bertz CT molecular complexity index is 459. The molecule has 2 saturated heterocycles. The maximum atomic E-state index is 13.9. The van der Waals surface area contributed by atoms with Crippen LogP contribution in [0.5, 0.6) is 0 Å². The summed E-state index contributed by atoms with van der Waals surface area (Å²) in [4.78, 5) is 11.3. The van der Waals surface area contributed by atoms with Crippen molar-refractivity contribution < 1.29 is 4.39 Å². The Labute approximate surface area is 126 Å². The fourth-order valence-electron chi connectivity index (χ4n) is 3.41. The summed E-state index contributed by atoms with van der Waals surface area (Å²) < 4.78 is 13.9. The molecular weight excluding hydrogens is 267 g/mol. The zero-order chi connectivity index (χ0) is 14.7. The summed E-state index contributed by atoms with van der Waals surface area (Å²) in [5, 5.41) is 0. The molecule has 21 heavy (non-hydrogen) atoms. The van der Waals surface area contributed by atoms with E-state index in [-0.39, 0.29) is 5.82 Å². The van der Waals surface area contributed by atoms with Gasteiger partial charge in [-0.3, -0.25) is 0 Å². The van der Waals surface area contributed by atoms with Gasteiger partial charge in [-0.1, -0.05) is 0 Å². The molecule has 4 nitrogen and oxygen atoms in total. The second-order valence-electron chi connectivity index (χ2n) is 6.37. The van der Waals surface area contributed by atoms with Crippen molar-refractivity contribution in [2.45, 2.75) is 12.8 Å². The molecule has 0 bridgehead atoms. The summed E-state index contributed by atoms with van der Waals surface area (Å²) in [5.41, 5.74) is 0. The van der Waals surface area contributed by atoms with Crippen LogP contribution in [-0.2, 0) is 0 Å². The average molecular weight is 292 g/mol. The lowest BCUT2D eigenvalue weighted by atomic mass is 9.97. The number of anilines is 1. The van der Waals surface area contributed by atoms with E-state index in [4.69, 9.17) is 0 Å². The maximum Gasteiger partial charge on any atom is 0.165 e. The van der Waals surface area contributed by atoms with Gasteiger partial charge < -0.3 is 14.7 Å². The highest BCUT2D eigenvalue weighted by atomic mass is 19.1. The van der Waals surface area contributed by atoms with Crippen LogP contribution in [0.4, 0.5) is 10.2 Å². The van der Waals surface area contributed by atoms with E-state index in [1.54, 1.807) is 12.3 Å². The van der Waals surface area contributed by atoms with E-state index in [0.29, 0.717) is 11.7 Å². The summed E-state index contributed by atoms with van der Waals surface area (Å²) in [6.07, 6.45) is 4.06. The van der Waals surface area contributed by atoms with E-state index < -0.39 is 0 Å². The van der Waals surface area contributed by atoms with Gasteiger partial charge in [0.2, 0.25) is 0 Å². The third kappa shape index (κ3) is 3.71. The first-order valence-electron chi connectivity index (χ1n) is 7.99. The third-order valence-electron chi connectivity index (χ3n) is 4.67. The predicted molar refractivity (Wildman–Crippen MR) is 83.1 cm³/mol. The van der Waals surface area contributed by atoms with Crippen molar-refractivity contribution in [3.8, 4) is 0 Å². The molecule has 2 aliphatic heterocycles. The first-order chi connectivity index (χ1) is 10.2. The Morgan fingerprint density at radius 1 is 1.24 bits per heavy atom. The summed E-state index contributed by atoms with van der Waals surface area (Å²) in [6, 6.07) is 3.16. The lowest BCUT2D eigenvalue weighted by Crippen LogP contribution is -2.48. The number of hydrogen-bond donors (Lipinski definition) is 0. The van der Waals surface area contributed by atoms with Crippen molar-refractivity contribution in [2.75, 3.05) is 57.8 Å². The molecule has 5 heteroatoms. The van der Waals surface area contributed by atoms with Crippen LogP contribution in [0.3, 0.4) is 0 Å². The van der Waals surface area contributed by atoms with Crippen molar-refractivity contribution in [2.24, 2.45) is 5.92 Å². The van der Waals surface area contributed by atoms with Crippen LogP contribution < -0.4 is 4.90 Å². The molecule has 0 aromatic carbocycles. The molecular formula is C16H25FN4. The number of rotatable bonds is 3. The van der Waals surface area contributed by atoms with Crippen LogP contribution >= 0.6 is 0 Å². The Hall–Kier alpha value is -1.20. The smallest absolute Gasteiger partial charge is 0.165 e. The minimum Gasteiger partial charge on any atom is -0.354 e. The number of halogens is 1. The monoisotopic (exact) mass is 292 g/mol. The van der Waals surface area contributed by atoms with Crippen LogP contribution in [-0.4, -0.2) is 67.6 Å². The third-order valence-corrected chi connectivity index (χ3v) is 4.67. The number of piperazine rings is 1. The van der Waals surface area contributed by atoms with Crippen LogP contribution in [0.25, 0.3) is 0 Å². The Morgan fingerprint density at radius 2 is 2.05 bits per heavy atom. The fraction of sp³-hybridized carbons (Fsp3) is 0.688. The van der Waals surface area contributed by atoms with Gasteiger partial charge in [-0.15, -0.1) is 0 Å². The molecule has 0 spiro atoms. The maximum absolute atomic E-state index is 13.9. The molecule has 1 aromatic rings. The molecule has 116 valence electrons. The molecule has 0 N–H and O–H groups in total. The second kappa shape index (κ2) is 6.71. The number of aromatic nitrogens is 1. The van der Waals surface area contributed by atoms with Crippen molar-refractivity contribution in [3.05, 3.63) is 24.1 Å². The predicted octanol–water partition coefficient (Wildman–Crippen LogP) is 1.68. The Balaban J connectivity index is 1.57. The molecule has 0 saturated carbocycles. The molecule has 0 radical (unpaired) electrons. The van der Waals surface area contributed by atoms with Gasteiger partial charge in [-0.2, -0.15) is 0 Å². The first-order valence-corrected chi connectivity index (χ1v) is 7.99. The number of pyridine rings is 1. The molecule has 0 amide bonds. The minimum atomic E-state index is -0.197. The van der Waals surface area contributed by atoms with Crippen LogP contribution in [0.1, 0.15) is 12.8 Å². The van der Waals surface area contributed by atoms with Crippen molar-refractivity contribution in [3.63, 3.8) is 0 Å². The van der Waals surface area contributed by atoms with Gasteiger partial charge in [0.1, 0.15) is 0 Å². The van der Waals surface area contributed by atoms with Crippen molar-refractivity contribution in [1.29, 1.82) is 0 Å². The van der Waals surface area contributed by atoms with E-state index in [1.165, 1.54) is 12.5 Å². The van der Waals surface area contributed by atoms with E-state index in [0.717, 1.165) is 52.2 Å². The molecule has 2 fully saturated rings. The zero-order valence-electron chi connectivity index (χ0n) is 12.8. The average Bonchev–Trinajstić information content (AvgIpc) is 2.50. The number of nitrogens with zero attached hydrogens (tertiary/aromatic N) is 4. The van der Waals surface area contributed by atoms with E-state index in [9.17, 15) is 4.39 Å². The summed E-state index contributed by atoms with van der Waals surface area (Å²) in [6.45, 7) is 7.62. The number of hydrogen-bond acceptors (Lipinski definition) is 4. The molecule has 0 aliphatic carbocycles. The van der Waals surface area contributed by atoms with Gasteiger partial charge in [0, 0.05) is 52.0 Å². The highest BCUT2D eigenvalue weighted by Gasteiger charge is 2.25. The van der Waals surface area contributed by atoms with Gasteiger partial charge in [0.25, 0.3) is 0 Å². The highest BCUT2D eigenvalue weighted by Crippen LogP contribution is 2.24. The molecule has 3 rings (SSSR count). The molecule has 3 heterocycles. The Morgan fingerprint density at radius 3 is 2.81 bits per heavy atom. The fourth-order valence-corrected chi connectivity index (χ4v) is 3.41. The summed E-state index contributed by atoms with van der Waals surface area (Å²) >= 11 is 0. The summed E-state index contributed by atoms with van der Waals surface area (Å²) in [7, 11) is 2.18. The Kier molecular flexibility index (Phi) is 4.70. The SMILES string of the molecule is CN1CCN(C[C@H]2CCCN(c3ncccc3F)C2)CC1. The quantitative estimate of drug-likeness (QED) is 0.845. The van der Waals surface area contributed by atoms with Crippen LogP contribution in [0.2, 0.25) is 0 Å². The van der Waals surface area contributed by atoms with Gasteiger partial charge in [-0.05, 0) is 37.9 Å². The van der Waals surface area contributed by atoms with Crippen molar-refractivity contribution >= 4 is 5.82 Å². The van der Waals surface area contributed by atoms with Gasteiger partial charge in [-0.25, -0.2) is 9.37 Å². The topological polar surface area (TPSA) is 22.6 Å². The van der Waals surface area contributed by atoms with Gasteiger partial charge in [0.15, 0.2) is 11.6 Å². The molecule has 2 aliphatic rings. The first kappa shape index (κ1) is 14.7. The van der Waals surface area contributed by atoms with E-state index in [2.05, 4.69) is 26.7 Å².